The van der Waals surface area contributed by atoms with Crippen LogP contribution in [0.1, 0.15) is 67.7 Å². The van der Waals surface area contributed by atoms with Gasteiger partial charge >= 0.3 is 12.1 Å². The second kappa shape index (κ2) is 11.9. The molecule has 2 heterocycles. The number of pyridine rings is 1. The van der Waals surface area contributed by atoms with Crippen LogP contribution in [0.2, 0.25) is 0 Å². The summed E-state index contributed by atoms with van der Waals surface area (Å²) in [4.78, 5) is 28.8. The summed E-state index contributed by atoms with van der Waals surface area (Å²) in [7, 11) is 0. The average Bonchev–Trinajstić information content (AvgIpc) is 2.87. The highest BCUT2D eigenvalue weighted by Crippen LogP contribution is 2.39. The second-order valence-corrected chi connectivity index (χ2v) is 10.6. The molecule has 3 atom stereocenters. The van der Waals surface area contributed by atoms with Crippen LogP contribution in [0.3, 0.4) is 0 Å². The number of nitrogens with zero attached hydrogens (tertiary/aromatic N) is 1. The summed E-state index contributed by atoms with van der Waals surface area (Å²) in [5.41, 5.74) is 3.59. The number of hydrogen-bond donors (Lipinski definition) is 3. The van der Waals surface area contributed by atoms with Gasteiger partial charge in [0.15, 0.2) is 0 Å². The van der Waals surface area contributed by atoms with E-state index in [1.807, 2.05) is 30.3 Å². The molecule has 3 N–H and O–H groups in total. The lowest BCUT2D eigenvalue weighted by Crippen LogP contribution is -2.45. The summed E-state index contributed by atoms with van der Waals surface area (Å²) in [5.74, 6) is 0.754. The molecule has 1 aromatic heterocycles. The quantitative estimate of drug-likeness (QED) is 0.405. The van der Waals surface area contributed by atoms with Crippen molar-refractivity contribution in [1.29, 1.82) is 0 Å². The van der Waals surface area contributed by atoms with E-state index in [2.05, 4.69) is 22.8 Å². The van der Waals surface area contributed by atoms with Crippen LogP contribution < -0.4 is 10.6 Å². The fraction of sp³-hybridized carbons (Fsp3) is 0.552. The topological polar surface area (TPSA) is 110 Å². The monoisotopic (exact) mass is 507 g/mol. The number of aryl methyl sites for hydroxylation is 2. The fourth-order valence-corrected chi connectivity index (χ4v) is 5.52. The summed E-state index contributed by atoms with van der Waals surface area (Å²) in [6, 6.07) is 13.3. The number of carbonyl (C=O) groups excluding carboxylic acids is 1. The number of amides is 1. The SMILES string of the molecule is O=C(NC(CCOC1CC(CCc2ccc3c(n2)NCCC3)C1)C(=O)O)OC1CCC1c1ccccc1. The molecule has 8 heteroatoms. The van der Waals surface area contributed by atoms with Gasteiger partial charge in [0, 0.05) is 31.2 Å². The van der Waals surface area contributed by atoms with E-state index >= 15 is 0 Å². The van der Waals surface area contributed by atoms with Crippen LogP contribution >= 0.6 is 0 Å². The van der Waals surface area contributed by atoms with Crippen molar-refractivity contribution in [3.05, 3.63) is 59.3 Å². The van der Waals surface area contributed by atoms with Gasteiger partial charge in [-0.25, -0.2) is 14.6 Å². The number of ether oxygens (including phenoxy) is 2. The minimum absolute atomic E-state index is 0.158. The number of aliphatic carboxylic acids is 1. The maximum absolute atomic E-state index is 12.4. The Morgan fingerprint density at radius 3 is 2.73 bits per heavy atom. The number of carboxylic acid groups (broad SMARTS) is 1. The van der Waals surface area contributed by atoms with Crippen molar-refractivity contribution < 1.29 is 24.2 Å². The van der Waals surface area contributed by atoms with Gasteiger partial charge in [-0.2, -0.15) is 0 Å². The molecule has 1 amide bonds. The Bertz CT molecular complexity index is 1070. The van der Waals surface area contributed by atoms with Crippen LogP contribution in [0.4, 0.5) is 10.6 Å². The third-order valence-electron chi connectivity index (χ3n) is 8.00. The number of hydrogen-bond acceptors (Lipinski definition) is 6. The summed E-state index contributed by atoms with van der Waals surface area (Å²) in [5, 5.41) is 15.5. The van der Waals surface area contributed by atoms with Gasteiger partial charge in [0.1, 0.15) is 18.0 Å². The predicted octanol–water partition coefficient (Wildman–Crippen LogP) is 4.68. The molecule has 37 heavy (non-hydrogen) atoms. The number of alkyl carbamates (subject to hydrolysis) is 1. The number of rotatable bonds is 11. The summed E-state index contributed by atoms with van der Waals surface area (Å²) in [6.07, 6.45) is 7.52. The maximum atomic E-state index is 12.4. The normalized spacial score (nSPS) is 25.0. The molecule has 0 bridgehead atoms. The van der Waals surface area contributed by atoms with Crippen LogP contribution in [0.15, 0.2) is 42.5 Å². The molecule has 3 unspecified atom stereocenters. The van der Waals surface area contributed by atoms with Crippen molar-refractivity contribution in [1.82, 2.24) is 10.3 Å². The van der Waals surface area contributed by atoms with Crippen molar-refractivity contribution in [2.45, 2.75) is 82.0 Å². The minimum atomic E-state index is -1.08. The highest BCUT2D eigenvalue weighted by Gasteiger charge is 2.36. The van der Waals surface area contributed by atoms with Gasteiger partial charge in [0.2, 0.25) is 0 Å². The second-order valence-electron chi connectivity index (χ2n) is 10.6. The first-order valence-electron chi connectivity index (χ1n) is 13.6. The van der Waals surface area contributed by atoms with E-state index in [4.69, 9.17) is 14.5 Å². The predicted molar refractivity (Wildman–Crippen MR) is 140 cm³/mol. The molecule has 0 spiro atoms. The van der Waals surface area contributed by atoms with E-state index in [0.29, 0.717) is 12.5 Å². The van der Waals surface area contributed by atoms with Gasteiger partial charge < -0.3 is 25.2 Å². The lowest BCUT2D eigenvalue weighted by molar-refractivity contribution is -0.140. The van der Waals surface area contributed by atoms with Gasteiger partial charge in [0.05, 0.1) is 6.10 Å². The summed E-state index contributed by atoms with van der Waals surface area (Å²) < 4.78 is 11.4. The molecule has 0 saturated heterocycles. The minimum Gasteiger partial charge on any atom is -0.480 e. The smallest absolute Gasteiger partial charge is 0.408 e. The zero-order valence-corrected chi connectivity index (χ0v) is 21.2. The highest BCUT2D eigenvalue weighted by molar-refractivity contribution is 5.80. The van der Waals surface area contributed by atoms with E-state index in [1.54, 1.807) is 0 Å². The van der Waals surface area contributed by atoms with Gasteiger partial charge in [-0.3, -0.25) is 0 Å². The molecule has 198 valence electrons. The lowest BCUT2D eigenvalue weighted by Gasteiger charge is -2.36. The lowest BCUT2D eigenvalue weighted by atomic mass is 9.77. The number of benzene rings is 1. The third kappa shape index (κ3) is 6.60. The van der Waals surface area contributed by atoms with E-state index in [-0.39, 0.29) is 24.5 Å². The Hall–Kier alpha value is -3.13. The first kappa shape index (κ1) is 25.5. The number of anilines is 1. The zero-order chi connectivity index (χ0) is 25.6. The summed E-state index contributed by atoms with van der Waals surface area (Å²) >= 11 is 0. The van der Waals surface area contributed by atoms with Gasteiger partial charge in [-0.05, 0) is 74.5 Å². The molecule has 3 aliphatic rings. The van der Waals surface area contributed by atoms with Crippen LogP contribution in [-0.2, 0) is 27.1 Å². The Kier molecular flexibility index (Phi) is 8.24. The van der Waals surface area contributed by atoms with Crippen molar-refractivity contribution >= 4 is 17.9 Å². The first-order chi connectivity index (χ1) is 18.0. The van der Waals surface area contributed by atoms with Crippen molar-refractivity contribution in [3.63, 3.8) is 0 Å². The van der Waals surface area contributed by atoms with Crippen molar-refractivity contribution in [2.24, 2.45) is 5.92 Å². The molecule has 2 aliphatic carbocycles. The first-order valence-corrected chi connectivity index (χ1v) is 13.6. The van der Waals surface area contributed by atoms with Crippen LogP contribution in [-0.4, -0.2) is 53.6 Å². The molecule has 2 saturated carbocycles. The maximum Gasteiger partial charge on any atom is 0.408 e. The molecule has 2 fully saturated rings. The van der Waals surface area contributed by atoms with E-state index < -0.39 is 18.1 Å². The molecule has 2 aromatic rings. The number of carbonyl (C=O) groups is 2. The number of carboxylic acids is 1. The molecular weight excluding hydrogens is 470 g/mol. The molecule has 1 aromatic carbocycles. The number of nitrogens with one attached hydrogen (secondary N) is 2. The van der Waals surface area contributed by atoms with Crippen LogP contribution in [0.25, 0.3) is 0 Å². The molecule has 8 nitrogen and oxygen atoms in total. The Morgan fingerprint density at radius 1 is 1.14 bits per heavy atom. The number of aromatic nitrogens is 1. The van der Waals surface area contributed by atoms with Crippen LogP contribution in [0, 0.1) is 5.92 Å². The molecule has 5 rings (SSSR count). The summed E-state index contributed by atoms with van der Waals surface area (Å²) in [6.45, 7) is 1.29. The van der Waals surface area contributed by atoms with Gasteiger partial charge in [-0.1, -0.05) is 36.4 Å². The largest absolute Gasteiger partial charge is 0.480 e. The van der Waals surface area contributed by atoms with Crippen molar-refractivity contribution in [2.75, 3.05) is 18.5 Å². The van der Waals surface area contributed by atoms with Gasteiger partial charge in [-0.15, -0.1) is 0 Å². The van der Waals surface area contributed by atoms with E-state index in [0.717, 1.165) is 68.6 Å². The fourth-order valence-electron chi connectivity index (χ4n) is 5.52. The molecule has 1 aliphatic heterocycles. The molecule has 0 radical (unpaired) electrons. The molecular formula is C29H37N3O5. The third-order valence-corrected chi connectivity index (χ3v) is 8.00. The zero-order valence-electron chi connectivity index (χ0n) is 21.2. The average molecular weight is 508 g/mol. The van der Waals surface area contributed by atoms with E-state index in [1.165, 1.54) is 12.0 Å². The van der Waals surface area contributed by atoms with E-state index in [9.17, 15) is 14.7 Å². The Labute approximate surface area is 218 Å². The van der Waals surface area contributed by atoms with Crippen LogP contribution in [0.5, 0.6) is 0 Å². The standard InChI is InChI=1S/C29H37N3O5/c33-28(34)25(32-29(35)37-26-13-12-24(26)20-5-2-1-3-6-20)14-16-36-23-17-19(18-23)8-10-22-11-9-21-7-4-15-30-27(21)31-22/h1-3,5-6,9,11,19,23-26H,4,7-8,10,12-18H2,(H,30,31)(H,32,35)(H,33,34). The number of fused-ring (bicyclic) bond motifs is 1. The highest BCUT2D eigenvalue weighted by atomic mass is 16.6. The van der Waals surface area contributed by atoms with Crippen molar-refractivity contribution in [3.8, 4) is 0 Å². The Balaban J connectivity index is 0.976. The Morgan fingerprint density at radius 2 is 1.97 bits per heavy atom. The van der Waals surface area contributed by atoms with Gasteiger partial charge in [0.25, 0.3) is 0 Å².